The second-order valence-electron chi connectivity index (χ2n) is 9.92. The molecule has 0 bridgehead atoms. The maximum atomic E-state index is 10.7. The lowest BCUT2D eigenvalue weighted by Gasteiger charge is -2.18. The first-order chi connectivity index (χ1) is 17.1. The standard InChI is InChI=1S/C30H48NO3P/c32-35(33,34)31-27-21-13-11-9-7-5-3-1-2-4-6-8-10-12-20-26-30(28-22-16-14-17-23-28)29-24-18-15-19-25-29/h14-19,22-25,30H,1-13,20-21,26-27H2,(H3,31,32,33,34). The molecule has 0 aliphatic heterocycles. The van der Waals surface area contributed by atoms with Crippen LogP contribution in [0.5, 0.6) is 0 Å². The molecule has 0 saturated carbocycles. The Hall–Kier alpha value is -1.45. The van der Waals surface area contributed by atoms with Crippen LogP contribution in [0.4, 0.5) is 0 Å². The minimum Gasteiger partial charge on any atom is -0.313 e. The minimum absolute atomic E-state index is 0.409. The average Bonchev–Trinajstić information content (AvgIpc) is 2.86. The van der Waals surface area contributed by atoms with E-state index in [1.165, 1.54) is 101 Å². The van der Waals surface area contributed by atoms with Crippen molar-refractivity contribution < 1.29 is 14.4 Å². The third-order valence-corrected chi connectivity index (χ3v) is 7.53. The minimum atomic E-state index is -4.03. The fraction of sp³-hybridized carbons (Fsp3) is 0.600. The highest BCUT2D eigenvalue weighted by molar-refractivity contribution is 7.49. The third kappa shape index (κ3) is 15.3. The topological polar surface area (TPSA) is 69.6 Å². The molecule has 2 aromatic rings. The van der Waals surface area contributed by atoms with Crippen molar-refractivity contribution >= 4 is 7.75 Å². The quantitative estimate of drug-likeness (QED) is 0.118. The van der Waals surface area contributed by atoms with Gasteiger partial charge in [0, 0.05) is 12.5 Å². The Labute approximate surface area is 214 Å². The van der Waals surface area contributed by atoms with Crippen LogP contribution in [-0.4, -0.2) is 16.3 Å². The Kier molecular flexibility index (Phi) is 16.0. The highest BCUT2D eigenvalue weighted by Crippen LogP contribution is 2.30. The Balaban J connectivity index is 1.39. The molecular formula is C30H48NO3P. The van der Waals surface area contributed by atoms with E-state index >= 15 is 0 Å². The zero-order valence-electron chi connectivity index (χ0n) is 21.6. The summed E-state index contributed by atoms with van der Waals surface area (Å²) in [4.78, 5) is 17.5. The van der Waals surface area contributed by atoms with Crippen LogP contribution in [0.2, 0.25) is 0 Å². The Bertz CT molecular complexity index is 754. The smallest absolute Gasteiger partial charge is 0.313 e. The number of rotatable bonds is 21. The first-order valence-corrected chi connectivity index (χ1v) is 15.6. The number of benzene rings is 2. The van der Waals surface area contributed by atoms with Crippen LogP contribution < -0.4 is 5.09 Å². The van der Waals surface area contributed by atoms with Gasteiger partial charge in [0.2, 0.25) is 0 Å². The Morgan fingerprint density at radius 2 is 0.886 bits per heavy atom. The highest BCUT2D eigenvalue weighted by Gasteiger charge is 2.13. The molecule has 0 saturated heterocycles. The maximum absolute atomic E-state index is 10.7. The maximum Gasteiger partial charge on any atom is 0.400 e. The first kappa shape index (κ1) is 29.8. The number of hydrogen-bond donors (Lipinski definition) is 3. The molecule has 2 rings (SSSR count). The Morgan fingerprint density at radius 3 is 1.26 bits per heavy atom. The van der Waals surface area contributed by atoms with Crippen molar-refractivity contribution in [3.05, 3.63) is 71.8 Å². The van der Waals surface area contributed by atoms with Gasteiger partial charge in [0.1, 0.15) is 0 Å². The highest BCUT2D eigenvalue weighted by atomic mass is 31.2. The van der Waals surface area contributed by atoms with Crippen LogP contribution in [0.25, 0.3) is 0 Å². The third-order valence-electron chi connectivity index (χ3n) is 6.89. The average molecular weight is 502 g/mol. The van der Waals surface area contributed by atoms with Crippen molar-refractivity contribution in [1.82, 2.24) is 5.09 Å². The summed E-state index contributed by atoms with van der Waals surface area (Å²) >= 11 is 0. The summed E-state index contributed by atoms with van der Waals surface area (Å²) in [5.74, 6) is 0.516. The summed E-state index contributed by atoms with van der Waals surface area (Å²) in [6.45, 7) is 0.409. The molecule has 4 nitrogen and oxygen atoms in total. The molecule has 3 N–H and O–H groups in total. The van der Waals surface area contributed by atoms with Crippen molar-refractivity contribution in [2.24, 2.45) is 0 Å². The predicted octanol–water partition coefficient (Wildman–Crippen LogP) is 8.74. The summed E-state index contributed by atoms with van der Waals surface area (Å²) in [5.41, 5.74) is 2.88. The molecule has 0 unspecified atom stereocenters. The number of unbranched alkanes of at least 4 members (excludes halogenated alkanes) is 14. The molecule has 0 atom stereocenters. The van der Waals surface area contributed by atoms with Crippen molar-refractivity contribution in [3.63, 3.8) is 0 Å². The number of hydrogen-bond acceptors (Lipinski definition) is 1. The molecule has 0 amide bonds. The lowest BCUT2D eigenvalue weighted by Crippen LogP contribution is -2.10. The van der Waals surface area contributed by atoms with Crippen LogP contribution in [0.3, 0.4) is 0 Å². The SMILES string of the molecule is O=P(O)(O)NCCCCCCCCCCCCCCCCCC(c1ccccc1)c1ccccc1. The van der Waals surface area contributed by atoms with E-state index in [2.05, 4.69) is 65.8 Å². The normalized spacial score (nSPS) is 11.9. The van der Waals surface area contributed by atoms with E-state index in [1.54, 1.807) is 0 Å². The van der Waals surface area contributed by atoms with E-state index in [9.17, 15) is 4.57 Å². The molecule has 196 valence electrons. The van der Waals surface area contributed by atoms with Crippen LogP contribution in [0.15, 0.2) is 60.7 Å². The van der Waals surface area contributed by atoms with Gasteiger partial charge in [-0.2, -0.15) is 0 Å². The lowest BCUT2D eigenvalue weighted by atomic mass is 9.87. The molecule has 0 aromatic heterocycles. The molecule has 5 heteroatoms. The molecule has 0 aliphatic rings. The van der Waals surface area contributed by atoms with Gasteiger partial charge in [-0.3, -0.25) is 0 Å². The van der Waals surface area contributed by atoms with Gasteiger partial charge < -0.3 is 9.79 Å². The van der Waals surface area contributed by atoms with E-state index in [1.807, 2.05) is 0 Å². The Morgan fingerprint density at radius 1 is 0.543 bits per heavy atom. The molecule has 2 aromatic carbocycles. The second-order valence-corrected chi connectivity index (χ2v) is 11.3. The molecule has 35 heavy (non-hydrogen) atoms. The van der Waals surface area contributed by atoms with Crippen LogP contribution in [0.1, 0.15) is 120 Å². The first-order valence-electron chi connectivity index (χ1n) is 14.0. The molecule has 0 fully saturated rings. The summed E-state index contributed by atoms with van der Waals surface area (Å²) < 4.78 is 10.7. The van der Waals surface area contributed by atoms with Crippen LogP contribution in [0, 0.1) is 0 Å². The molecule has 0 heterocycles. The number of nitrogens with one attached hydrogen (secondary N) is 1. The van der Waals surface area contributed by atoms with E-state index in [4.69, 9.17) is 9.79 Å². The van der Waals surface area contributed by atoms with Gasteiger partial charge in [-0.15, -0.1) is 0 Å². The van der Waals surface area contributed by atoms with Gasteiger partial charge in [-0.05, 0) is 24.0 Å². The van der Waals surface area contributed by atoms with Crippen LogP contribution >= 0.6 is 7.75 Å². The van der Waals surface area contributed by atoms with Gasteiger partial charge >= 0.3 is 7.75 Å². The largest absolute Gasteiger partial charge is 0.400 e. The van der Waals surface area contributed by atoms with E-state index < -0.39 is 7.75 Å². The lowest BCUT2D eigenvalue weighted by molar-refractivity contribution is 0.356. The summed E-state index contributed by atoms with van der Waals surface area (Å²) in [6.07, 6.45) is 20.4. The van der Waals surface area contributed by atoms with Crippen LogP contribution in [-0.2, 0) is 4.57 Å². The molecule has 0 radical (unpaired) electrons. The van der Waals surface area contributed by atoms with Crippen molar-refractivity contribution in [3.8, 4) is 0 Å². The van der Waals surface area contributed by atoms with Gasteiger partial charge in [0.05, 0.1) is 0 Å². The fourth-order valence-corrected chi connectivity index (χ4v) is 5.34. The summed E-state index contributed by atoms with van der Waals surface area (Å²) in [7, 11) is -4.03. The van der Waals surface area contributed by atoms with E-state index in [0.29, 0.717) is 12.5 Å². The molecular weight excluding hydrogens is 453 g/mol. The monoisotopic (exact) mass is 501 g/mol. The van der Waals surface area contributed by atoms with Gasteiger partial charge in [-0.1, -0.05) is 151 Å². The van der Waals surface area contributed by atoms with Gasteiger partial charge in [-0.25, -0.2) is 9.65 Å². The predicted molar refractivity (Wildman–Crippen MR) is 149 cm³/mol. The zero-order valence-corrected chi connectivity index (χ0v) is 22.5. The van der Waals surface area contributed by atoms with Gasteiger partial charge in [0.25, 0.3) is 0 Å². The molecule has 0 spiro atoms. The zero-order chi connectivity index (χ0) is 25.0. The summed E-state index contributed by atoms with van der Waals surface area (Å²) in [5, 5.41) is 2.25. The van der Waals surface area contributed by atoms with Crippen molar-refractivity contribution in [2.45, 2.75) is 109 Å². The van der Waals surface area contributed by atoms with Crippen molar-refractivity contribution in [1.29, 1.82) is 0 Å². The van der Waals surface area contributed by atoms with E-state index in [0.717, 1.165) is 12.8 Å². The van der Waals surface area contributed by atoms with Crippen molar-refractivity contribution in [2.75, 3.05) is 6.54 Å². The fourth-order valence-electron chi connectivity index (χ4n) is 4.89. The second kappa shape index (κ2) is 18.8. The van der Waals surface area contributed by atoms with E-state index in [-0.39, 0.29) is 0 Å². The summed E-state index contributed by atoms with van der Waals surface area (Å²) in [6, 6.07) is 21.9. The molecule has 0 aliphatic carbocycles. The van der Waals surface area contributed by atoms with Gasteiger partial charge in [0.15, 0.2) is 0 Å².